The van der Waals surface area contributed by atoms with Crippen LogP contribution in [0.2, 0.25) is 5.02 Å². The zero-order valence-corrected chi connectivity index (χ0v) is 13.8. The lowest BCUT2D eigenvalue weighted by molar-refractivity contribution is 0.377. The van der Waals surface area contributed by atoms with Gasteiger partial charge in [-0.25, -0.2) is 0 Å². The summed E-state index contributed by atoms with van der Waals surface area (Å²) in [4.78, 5) is 2.52. The molecule has 0 aromatic heterocycles. The number of hydrogen-bond acceptors (Lipinski definition) is 1. The molecule has 2 aromatic carbocycles. The predicted octanol–water partition coefficient (Wildman–Crippen LogP) is 5.51. The van der Waals surface area contributed by atoms with Crippen LogP contribution in [0.3, 0.4) is 0 Å². The third-order valence-electron chi connectivity index (χ3n) is 4.37. The van der Waals surface area contributed by atoms with Crippen LogP contribution < -0.4 is 0 Å². The van der Waals surface area contributed by atoms with Gasteiger partial charge in [-0.15, -0.1) is 0 Å². The number of benzene rings is 2. The van der Waals surface area contributed by atoms with E-state index in [1.54, 1.807) is 0 Å². The van der Waals surface area contributed by atoms with E-state index in [1.807, 2.05) is 12.1 Å². The van der Waals surface area contributed by atoms with Crippen molar-refractivity contribution in [3.05, 3.63) is 65.2 Å². The molecule has 0 atom stereocenters. The van der Waals surface area contributed by atoms with E-state index >= 15 is 0 Å². The molecule has 0 amide bonds. The lowest BCUT2D eigenvalue weighted by Crippen LogP contribution is -2.18. The van der Waals surface area contributed by atoms with Crippen LogP contribution in [0.5, 0.6) is 0 Å². The standard InChI is InChI=1S/C20H22ClN/c1-16(12-15-22-13-2-3-14-22)17-4-6-18(7-5-17)19-8-10-20(21)11-9-19/h4-12H,2-3,13-15H2,1H3/b16-12-. The van der Waals surface area contributed by atoms with Crippen molar-refractivity contribution in [3.8, 4) is 11.1 Å². The van der Waals surface area contributed by atoms with Crippen LogP contribution in [-0.2, 0) is 0 Å². The topological polar surface area (TPSA) is 3.24 Å². The van der Waals surface area contributed by atoms with Gasteiger partial charge in [0.2, 0.25) is 0 Å². The second-order valence-corrected chi connectivity index (χ2v) is 6.42. The first kappa shape index (κ1) is 15.3. The van der Waals surface area contributed by atoms with Crippen molar-refractivity contribution >= 4 is 17.2 Å². The summed E-state index contributed by atoms with van der Waals surface area (Å²) >= 11 is 5.94. The molecule has 2 aromatic rings. The molecule has 1 nitrogen and oxygen atoms in total. The molecular formula is C20H22ClN. The third kappa shape index (κ3) is 3.79. The van der Waals surface area contributed by atoms with Gasteiger partial charge in [-0.05, 0) is 67.3 Å². The second kappa shape index (κ2) is 7.13. The van der Waals surface area contributed by atoms with Gasteiger partial charge in [0.25, 0.3) is 0 Å². The maximum Gasteiger partial charge on any atom is 0.0406 e. The van der Waals surface area contributed by atoms with Gasteiger partial charge in [-0.1, -0.05) is 54.1 Å². The smallest absolute Gasteiger partial charge is 0.0406 e. The molecule has 114 valence electrons. The third-order valence-corrected chi connectivity index (χ3v) is 4.62. The van der Waals surface area contributed by atoms with Crippen molar-refractivity contribution in [1.82, 2.24) is 4.90 Å². The molecule has 0 bridgehead atoms. The van der Waals surface area contributed by atoms with Gasteiger partial charge in [0, 0.05) is 11.6 Å². The van der Waals surface area contributed by atoms with Crippen molar-refractivity contribution in [3.63, 3.8) is 0 Å². The molecule has 1 saturated heterocycles. The highest BCUT2D eigenvalue weighted by molar-refractivity contribution is 6.30. The Bertz CT molecular complexity index is 634. The molecule has 2 heteroatoms. The minimum atomic E-state index is 0.779. The van der Waals surface area contributed by atoms with Gasteiger partial charge < -0.3 is 0 Å². The lowest BCUT2D eigenvalue weighted by atomic mass is 10.0. The zero-order valence-electron chi connectivity index (χ0n) is 13.1. The summed E-state index contributed by atoms with van der Waals surface area (Å²) in [6.07, 6.45) is 5.05. The Hall–Kier alpha value is -1.57. The normalized spacial score (nSPS) is 16.2. The van der Waals surface area contributed by atoms with Crippen LogP contribution in [0.25, 0.3) is 16.7 Å². The van der Waals surface area contributed by atoms with E-state index < -0.39 is 0 Å². The number of allylic oxidation sites excluding steroid dienone is 1. The molecule has 1 aliphatic heterocycles. The molecule has 1 fully saturated rings. The first-order valence-corrected chi connectivity index (χ1v) is 8.36. The van der Waals surface area contributed by atoms with E-state index in [0.29, 0.717) is 0 Å². The fraction of sp³-hybridized carbons (Fsp3) is 0.300. The summed E-state index contributed by atoms with van der Waals surface area (Å²) in [6, 6.07) is 16.8. The van der Waals surface area contributed by atoms with Crippen molar-refractivity contribution < 1.29 is 0 Å². The molecule has 0 spiro atoms. The van der Waals surface area contributed by atoms with E-state index in [-0.39, 0.29) is 0 Å². The van der Waals surface area contributed by atoms with Crippen LogP contribution in [0.15, 0.2) is 54.6 Å². The summed E-state index contributed by atoms with van der Waals surface area (Å²) in [6.45, 7) is 5.77. The highest BCUT2D eigenvalue weighted by Gasteiger charge is 2.09. The number of rotatable bonds is 4. The monoisotopic (exact) mass is 311 g/mol. The van der Waals surface area contributed by atoms with Gasteiger partial charge in [-0.2, -0.15) is 0 Å². The highest BCUT2D eigenvalue weighted by Crippen LogP contribution is 2.24. The van der Waals surface area contributed by atoms with Gasteiger partial charge in [-0.3, -0.25) is 4.90 Å². The van der Waals surface area contributed by atoms with Gasteiger partial charge in [0.1, 0.15) is 0 Å². The summed E-state index contributed by atoms with van der Waals surface area (Å²) in [5, 5.41) is 0.779. The minimum absolute atomic E-state index is 0.779. The average molecular weight is 312 g/mol. The van der Waals surface area contributed by atoms with Crippen LogP contribution in [0, 0.1) is 0 Å². The first-order valence-electron chi connectivity index (χ1n) is 7.98. The van der Waals surface area contributed by atoms with E-state index in [2.05, 4.69) is 54.3 Å². The fourth-order valence-corrected chi connectivity index (χ4v) is 3.04. The zero-order chi connectivity index (χ0) is 15.4. The summed E-state index contributed by atoms with van der Waals surface area (Å²) < 4.78 is 0. The molecule has 1 aliphatic rings. The number of likely N-dealkylation sites (tertiary alicyclic amines) is 1. The Balaban J connectivity index is 1.70. The van der Waals surface area contributed by atoms with E-state index in [9.17, 15) is 0 Å². The molecule has 0 aliphatic carbocycles. The van der Waals surface area contributed by atoms with Crippen LogP contribution >= 0.6 is 11.6 Å². The predicted molar refractivity (Wildman–Crippen MR) is 96.2 cm³/mol. The summed E-state index contributed by atoms with van der Waals surface area (Å²) in [7, 11) is 0. The Morgan fingerprint density at radius 3 is 2.09 bits per heavy atom. The molecule has 0 N–H and O–H groups in total. The summed E-state index contributed by atoms with van der Waals surface area (Å²) in [5.74, 6) is 0. The number of halogens is 1. The molecule has 0 radical (unpaired) electrons. The first-order chi connectivity index (χ1) is 10.7. The number of nitrogens with zero attached hydrogens (tertiary/aromatic N) is 1. The molecule has 3 rings (SSSR count). The maximum absolute atomic E-state index is 5.94. The largest absolute Gasteiger partial charge is 0.300 e. The maximum atomic E-state index is 5.94. The van der Waals surface area contributed by atoms with Crippen LogP contribution in [0.4, 0.5) is 0 Å². The molecule has 1 heterocycles. The van der Waals surface area contributed by atoms with Crippen molar-refractivity contribution in [2.75, 3.05) is 19.6 Å². The van der Waals surface area contributed by atoms with E-state index in [0.717, 1.165) is 11.6 Å². The Labute approximate surface area is 138 Å². The SMILES string of the molecule is C/C(=C/CN1CCCC1)c1ccc(-c2ccc(Cl)cc2)cc1. The summed E-state index contributed by atoms with van der Waals surface area (Å²) in [5.41, 5.74) is 5.09. The van der Waals surface area contributed by atoms with Gasteiger partial charge >= 0.3 is 0 Å². The quantitative estimate of drug-likeness (QED) is 0.720. The van der Waals surface area contributed by atoms with Gasteiger partial charge in [0.15, 0.2) is 0 Å². The van der Waals surface area contributed by atoms with E-state index in [1.165, 1.54) is 48.2 Å². The van der Waals surface area contributed by atoms with Crippen molar-refractivity contribution in [1.29, 1.82) is 0 Å². The molecule has 22 heavy (non-hydrogen) atoms. The number of hydrogen-bond donors (Lipinski definition) is 0. The Kier molecular flexibility index (Phi) is 4.97. The average Bonchev–Trinajstić information content (AvgIpc) is 3.07. The van der Waals surface area contributed by atoms with Crippen molar-refractivity contribution in [2.45, 2.75) is 19.8 Å². The minimum Gasteiger partial charge on any atom is -0.300 e. The molecular weight excluding hydrogens is 290 g/mol. The van der Waals surface area contributed by atoms with Crippen molar-refractivity contribution in [2.24, 2.45) is 0 Å². The molecule has 0 saturated carbocycles. The molecule has 0 unspecified atom stereocenters. The highest BCUT2D eigenvalue weighted by atomic mass is 35.5. The van der Waals surface area contributed by atoms with Gasteiger partial charge in [0.05, 0.1) is 0 Å². The Morgan fingerprint density at radius 2 is 1.50 bits per heavy atom. The Morgan fingerprint density at radius 1 is 0.955 bits per heavy atom. The fourth-order valence-electron chi connectivity index (χ4n) is 2.92. The second-order valence-electron chi connectivity index (χ2n) is 5.98. The van der Waals surface area contributed by atoms with Crippen LogP contribution in [-0.4, -0.2) is 24.5 Å². The van der Waals surface area contributed by atoms with E-state index in [4.69, 9.17) is 11.6 Å². The lowest BCUT2D eigenvalue weighted by Gasteiger charge is -2.12. The van der Waals surface area contributed by atoms with Crippen LogP contribution in [0.1, 0.15) is 25.3 Å².